The smallest absolute Gasteiger partial charge is 0.278 e. The number of carboxylic acids is 1. The Morgan fingerprint density at radius 2 is 2.21 bits per heavy atom. The zero-order valence-corrected chi connectivity index (χ0v) is 14.1. The summed E-state index contributed by atoms with van der Waals surface area (Å²) in [5, 5.41) is 11.4. The van der Waals surface area contributed by atoms with Crippen molar-refractivity contribution >= 4 is 39.7 Å². The number of rotatable bonds is 6. The maximum atomic E-state index is 12.8. The highest BCUT2D eigenvalue weighted by Gasteiger charge is 2.18. The predicted octanol–water partition coefficient (Wildman–Crippen LogP) is 0.755. The van der Waals surface area contributed by atoms with Crippen LogP contribution in [0.3, 0.4) is 0 Å². The zero-order chi connectivity index (χ0) is 17.3. The summed E-state index contributed by atoms with van der Waals surface area (Å²) < 4.78 is 6.48. The molecule has 0 fully saturated rings. The van der Waals surface area contributed by atoms with Crippen LogP contribution in [0.15, 0.2) is 34.2 Å². The van der Waals surface area contributed by atoms with Crippen molar-refractivity contribution in [2.24, 2.45) is 0 Å². The minimum Gasteiger partial charge on any atom is -0.549 e. The van der Waals surface area contributed by atoms with Crippen molar-refractivity contribution in [1.82, 2.24) is 14.5 Å². The normalized spacial score (nSPS) is 12.8. The SMILES string of the molecule is COCCn1c(S[C@H](C)C(=O)[O-])nc2c([nH]c3ccccc32)c1=O. The Hall–Kier alpha value is -2.32. The van der Waals surface area contributed by atoms with E-state index in [1.807, 2.05) is 24.3 Å². The van der Waals surface area contributed by atoms with E-state index in [4.69, 9.17) is 4.74 Å². The third-order valence-electron chi connectivity index (χ3n) is 3.71. The lowest BCUT2D eigenvalue weighted by atomic mass is 10.2. The summed E-state index contributed by atoms with van der Waals surface area (Å²) in [5.41, 5.74) is 1.50. The van der Waals surface area contributed by atoms with Crippen molar-refractivity contribution in [1.29, 1.82) is 0 Å². The van der Waals surface area contributed by atoms with Crippen molar-refractivity contribution in [3.8, 4) is 0 Å². The van der Waals surface area contributed by atoms with Gasteiger partial charge in [0.2, 0.25) is 0 Å². The van der Waals surface area contributed by atoms with Gasteiger partial charge in [0.25, 0.3) is 5.56 Å². The number of aromatic amines is 1. The molecule has 1 aromatic carbocycles. The van der Waals surface area contributed by atoms with Crippen molar-refractivity contribution in [3.63, 3.8) is 0 Å². The van der Waals surface area contributed by atoms with Crippen LogP contribution in [-0.4, -0.2) is 39.5 Å². The fourth-order valence-electron chi connectivity index (χ4n) is 2.45. The van der Waals surface area contributed by atoms with Crippen LogP contribution < -0.4 is 10.7 Å². The molecule has 0 unspecified atom stereocenters. The summed E-state index contributed by atoms with van der Waals surface area (Å²) in [5.74, 6) is -1.20. The van der Waals surface area contributed by atoms with Crippen molar-refractivity contribution in [2.45, 2.75) is 23.9 Å². The third-order valence-corrected chi connectivity index (χ3v) is 4.78. The molecule has 0 aliphatic carbocycles. The van der Waals surface area contributed by atoms with Gasteiger partial charge in [0, 0.05) is 23.3 Å². The second kappa shape index (κ2) is 6.66. The first kappa shape index (κ1) is 16.5. The molecule has 3 rings (SSSR count). The average Bonchev–Trinajstić information content (AvgIpc) is 2.93. The summed E-state index contributed by atoms with van der Waals surface area (Å²) in [6.07, 6.45) is 0. The van der Waals surface area contributed by atoms with Crippen LogP contribution in [-0.2, 0) is 16.1 Å². The molecule has 0 aliphatic rings. The third kappa shape index (κ3) is 2.90. The van der Waals surface area contributed by atoms with Crippen LogP contribution in [0.25, 0.3) is 21.9 Å². The molecule has 3 aromatic rings. The van der Waals surface area contributed by atoms with E-state index >= 15 is 0 Å². The summed E-state index contributed by atoms with van der Waals surface area (Å²) in [4.78, 5) is 31.5. The molecular formula is C16H16N3O4S-. The monoisotopic (exact) mass is 346 g/mol. The molecule has 2 heterocycles. The number of methoxy groups -OCH3 is 1. The number of ether oxygens (including phenoxy) is 1. The molecule has 0 radical (unpaired) electrons. The maximum absolute atomic E-state index is 12.8. The van der Waals surface area contributed by atoms with Gasteiger partial charge in [-0.1, -0.05) is 30.0 Å². The van der Waals surface area contributed by atoms with Crippen LogP contribution in [0, 0.1) is 0 Å². The topological polar surface area (TPSA) is 100 Å². The molecule has 0 bridgehead atoms. The number of carbonyl (C=O) groups is 1. The number of benzene rings is 1. The summed E-state index contributed by atoms with van der Waals surface area (Å²) >= 11 is 0.990. The van der Waals surface area contributed by atoms with Crippen LogP contribution in [0.4, 0.5) is 0 Å². The molecule has 8 heteroatoms. The number of aliphatic carboxylic acids is 1. The van der Waals surface area contributed by atoms with Gasteiger partial charge in [0.05, 0.1) is 19.1 Å². The van der Waals surface area contributed by atoms with Gasteiger partial charge in [-0.3, -0.25) is 9.36 Å². The van der Waals surface area contributed by atoms with Crippen LogP contribution >= 0.6 is 11.8 Å². The standard InChI is InChI=1S/C16H17N3O4S/c1-9(15(21)22)24-16-18-12-10-5-3-4-6-11(10)17-13(12)14(20)19(16)7-8-23-2/h3-6,9,17H,7-8H2,1-2H3,(H,21,22)/p-1/t9-/m1/s1. The quantitative estimate of drug-likeness (QED) is 0.522. The molecule has 0 amide bonds. The molecule has 24 heavy (non-hydrogen) atoms. The predicted molar refractivity (Wildman–Crippen MR) is 90.1 cm³/mol. The Morgan fingerprint density at radius 1 is 1.46 bits per heavy atom. The molecule has 0 saturated carbocycles. The molecule has 0 saturated heterocycles. The Morgan fingerprint density at radius 3 is 2.92 bits per heavy atom. The molecule has 2 aromatic heterocycles. The Balaban J connectivity index is 2.23. The van der Waals surface area contributed by atoms with E-state index in [1.54, 1.807) is 0 Å². The van der Waals surface area contributed by atoms with Gasteiger partial charge in [-0.25, -0.2) is 4.98 Å². The van der Waals surface area contributed by atoms with Gasteiger partial charge < -0.3 is 19.6 Å². The summed E-state index contributed by atoms with van der Waals surface area (Å²) in [7, 11) is 1.54. The Labute approximate surface area is 141 Å². The lowest BCUT2D eigenvalue weighted by molar-refractivity contribution is -0.304. The molecule has 7 nitrogen and oxygen atoms in total. The fourth-order valence-corrected chi connectivity index (χ4v) is 3.31. The minimum absolute atomic E-state index is 0.249. The van der Waals surface area contributed by atoms with Crippen molar-refractivity contribution in [2.75, 3.05) is 13.7 Å². The minimum atomic E-state index is -1.20. The van der Waals surface area contributed by atoms with Gasteiger partial charge in [-0.05, 0) is 13.0 Å². The van der Waals surface area contributed by atoms with Crippen LogP contribution in [0.5, 0.6) is 0 Å². The number of carbonyl (C=O) groups excluding carboxylic acids is 1. The second-order valence-electron chi connectivity index (χ2n) is 5.32. The number of nitrogens with one attached hydrogen (secondary N) is 1. The second-order valence-corrected chi connectivity index (χ2v) is 6.63. The lowest BCUT2D eigenvalue weighted by Gasteiger charge is -2.15. The summed E-state index contributed by atoms with van der Waals surface area (Å²) in [6, 6.07) is 7.47. The number of thioether (sulfide) groups is 1. The summed E-state index contributed by atoms with van der Waals surface area (Å²) in [6.45, 7) is 2.11. The number of H-pyrrole nitrogens is 1. The Kier molecular flexibility index (Phi) is 4.59. The van der Waals surface area contributed by atoms with E-state index < -0.39 is 11.2 Å². The van der Waals surface area contributed by atoms with E-state index in [-0.39, 0.29) is 12.1 Å². The van der Waals surface area contributed by atoms with E-state index in [0.29, 0.717) is 22.8 Å². The van der Waals surface area contributed by atoms with Crippen molar-refractivity contribution < 1.29 is 14.6 Å². The van der Waals surface area contributed by atoms with Crippen LogP contribution in [0.2, 0.25) is 0 Å². The number of para-hydroxylation sites is 1. The molecular weight excluding hydrogens is 330 g/mol. The first-order chi connectivity index (χ1) is 11.5. The first-order valence-electron chi connectivity index (χ1n) is 7.40. The first-order valence-corrected chi connectivity index (χ1v) is 8.28. The number of hydrogen-bond acceptors (Lipinski definition) is 6. The zero-order valence-electron chi connectivity index (χ0n) is 13.2. The fraction of sp³-hybridized carbons (Fsp3) is 0.312. The van der Waals surface area contributed by atoms with E-state index in [0.717, 1.165) is 22.7 Å². The number of carboxylic acid groups (broad SMARTS) is 1. The highest BCUT2D eigenvalue weighted by atomic mass is 32.2. The van der Waals surface area contributed by atoms with E-state index in [2.05, 4.69) is 9.97 Å². The van der Waals surface area contributed by atoms with Gasteiger partial charge in [0.15, 0.2) is 5.16 Å². The molecule has 1 N–H and O–H groups in total. The number of hydrogen-bond donors (Lipinski definition) is 1. The largest absolute Gasteiger partial charge is 0.549 e. The lowest BCUT2D eigenvalue weighted by Crippen LogP contribution is -2.33. The molecule has 1 atom stereocenters. The van der Waals surface area contributed by atoms with Gasteiger partial charge in [-0.2, -0.15) is 0 Å². The molecule has 126 valence electrons. The maximum Gasteiger partial charge on any atom is 0.278 e. The van der Waals surface area contributed by atoms with Crippen LogP contribution in [0.1, 0.15) is 6.92 Å². The number of aromatic nitrogens is 3. The van der Waals surface area contributed by atoms with Gasteiger partial charge in [0.1, 0.15) is 11.0 Å². The number of fused-ring (bicyclic) bond motifs is 3. The van der Waals surface area contributed by atoms with Crippen molar-refractivity contribution in [3.05, 3.63) is 34.6 Å². The highest BCUT2D eigenvalue weighted by Crippen LogP contribution is 2.26. The van der Waals surface area contributed by atoms with Gasteiger partial charge in [-0.15, -0.1) is 0 Å². The van der Waals surface area contributed by atoms with E-state index in [9.17, 15) is 14.7 Å². The number of nitrogens with zero attached hydrogens (tertiary/aromatic N) is 2. The highest BCUT2D eigenvalue weighted by molar-refractivity contribution is 8.00. The van der Waals surface area contributed by atoms with E-state index in [1.165, 1.54) is 18.6 Å². The molecule has 0 spiro atoms. The average molecular weight is 346 g/mol. The Bertz CT molecular complexity index is 963. The molecule has 0 aliphatic heterocycles. The van der Waals surface area contributed by atoms with Gasteiger partial charge >= 0.3 is 0 Å².